The van der Waals surface area contributed by atoms with Gasteiger partial charge in [0.2, 0.25) is 5.91 Å². The van der Waals surface area contributed by atoms with Crippen LogP contribution in [0.2, 0.25) is 0 Å². The molecule has 0 aliphatic carbocycles. The average Bonchev–Trinajstić information content (AvgIpc) is 2.80. The average molecular weight is 316 g/mol. The van der Waals surface area contributed by atoms with Gasteiger partial charge in [-0.05, 0) is 38.6 Å². The number of piperazine rings is 1. The van der Waals surface area contributed by atoms with Crippen LogP contribution in [0.5, 0.6) is 0 Å². The van der Waals surface area contributed by atoms with E-state index in [2.05, 4.69) is 32.8 Å². The number of pyridine rings is 1. The Morgan fingerprint density at radius 3 is 2.70 bits per heavy atom. The molecule has 5 nitrogen and oxygen atoms in total. The van der Waals surface area contributed by atoms with Crippen LogP contribution in [-0.4, -0.2) is 71.4 Å². The van der Waals surface area contributed by atoms with E-state index in [0.29, 0.717) is 5.91 Å². The van der Waals surface area contributed by atoms with Gasteiger partial charge in [0.05, 0.1) is 11.7 Å². The molecule has 23 heavy (non-hydrogen) atoms. The molecule has 0 N–H and O–H groups in total. The molecule has 126 valence electrons. The summed E-state index contributed by atoms with van der Waals surface area (Å²) in [5.41, 5.74) is 1.11. The molecule has 0 spiro atoms. The van der Waals surface area contributed by atoms with Gasteiger partial charge >= 0.3 is 0 Å². The summed E-state index contributed by atoms with van der Waals surface area (Å²) in [6.45, 7) is 5.51. The molecule has 0 saturated carbocycles. The molecule has 2 saturated heterocycles. The molecule has 0 bridgehead atoms. The number of likely N-dealkylation sites (N-methyl/N-ethyl adjacent to an activating group) is 1. The molecule has 5 heteroatoms. The van der Waals surface area contributed by atoms with Crippen molar-refractivity contribution >= 4 is 5.91 Å². The van der Waals surface area contributed by atoms with Crippen LogP contribution in [-0.2, 0) is 11.3 Å². The largest absolute Gasteiger partial charge is 0.339 e. The number of aromatic nitrogens is 1. The van der Waals surface area contributed by atoms with Gasteiger partial charge < -0.3 is 4.90 Å². The molecule has 2 aliphatic heterocycles. The van der Waals surface area contributed by atoms with Gasteiger partial charge in [-0.1, -0.05) is 18.9 Å². The van der Waals surface area contributed by atoms with Crippen molar-refractivity contribution in [2.75, 3.05) is 39.8 Å². The van der Waals surface area contributed by atoms with Crippen LogP contribution in [0.3, 0.4) is 0 Å². The lowest BCUT2D eigenvalue weighted by atomic mass is 10.1. The Morgan fingerprint density at radius 1 is 1.13 bits per heavy atom. The fraction of sp³-hybridized carbons (Fsp3) is 0.667. The normalized spacial score (nSPS) is 24.4. The van der Waals surface area contributed by atoms with Gasteiger partial charge in [-0.15, -0.1) is 0 Å². The van der Waals surface area contributed by atoms with Gasteiger partial charge in [0.25, 0.3) is 0 Å². The van der Waals surface area contributed by atoms with Gasteiger partial charge in [-0.2, -0.15) is 0 Å². The molecule has 0 radical (unpaired) electrons. The van der Waals surface area contributed by atoms with Crippen LogP contribution in [0.25, 0.3) is 0 Å². The zero-order chi connectivity index (χ0) is 16.1. The van der Waals surface area contributed by atoms with Crippen molar-refractivity contribution < 1.29 is 4.79 Å². The first-order valence-corrected chi connectivity index (χ1v) is 8.85. The Kier molecular flexibility index (Phi) is 5.62. The summed E-state index contributed by atoms with van der Waals surface area (Å²) < 4.78 is 0. The monoisotopic (exact) mass is 316 g/mol. The molecule has 3 heterocycles. The zero-order valence-corrected chi connectivity index (χ0v) is 14.2. The topological polar surface area (TPSA) is 39.7 Å². The smallest absolute Gasteiger partial charge is 0.240 e. The van der Waals surface area contributed by atoms with E-state index in [0.717, 1.165) is 51.4 Å². The summed E-state index contributed by atoms with van der Waals surface area (Å²) >= 11 is 0. The van der Waals surface area contributed by atoms with E-state index in [-0.39, 0.29) is 6.04 Å². The SMILES string of the molecule is CN1CCCCCC1C(=O)N1CCN(Cc2ccccn2)CC1. The van der Waals surface area contributed by atoms with Crippen LogP contribution in [0.1, 0.15) is 31.4 Å². The molecule has 1 unspecified atom stereocenters. The first-order valence-electron chi connectivity index (χ1n) is 8.85. The van der Waals surface area contributed by atoms with E-state index in [4.69, 9.17) is 0 Å². The van der Waals surface area contributed by atoms with E-state index >= 15 is 0 Å². The minimum atomic E-state index is 0.0971. The van der Waals surface area contributed by atoms with Gasteiger partial charge in [0.1, 0.15) is 0 Å². The number of likely N-dealkylation sites (tertiary alicyclic amines) is 1. The van der Waals surface area contributed by atoms with Crippen LogP contribution in [0.15, 0.2) is 24.4 Å². The summed E-state index contributed by atoms with van der Waals surface area (Å²) in [7, 11) is 2.10. The maximum atomic E-state index is 12.8. The summed E-state index contributed by atoms with van der Waals surface area (Å²) in [6.07, 6.45) is 6.52. The van der Waals surface area contributed by atoms with Gasteiger partial charge in [-0.25, -0.2) is 0 Å². The van der Waals surface area contributed by atoms with Crippen LogP contribution in [0, 0.1) is 0 Å². The number of carbonyl (C=O) groups excluding carboxylic acids is 1. The first kappa shape index (κ1) is 16.4. The fourth-order valence-electron chi connectivity index (χ4n) is 3.62. The van der Waals surface area contributed by atoms with E-state index in [1.54, 1.807) is 0 Å². The number of rotatable bonds is 3. The quantitative estimate of drug-likeness (QED) is 0.849. The second-order valence-corrected chi connectivity index (χ2v) is 6.77. The fourth-order valence-corrected chi connectivity index (χ4v) is 3.62. The maximum absolute atomic E-state index is 12.8. The highest BCUT2D eigenvalue weighted by molar-refractivity contribution is 5.82. The number of nitrogens with zero attached hydrogens (tertiary/aromatic N) is 4. The van der Waals surface area contributed by atoms with Crippen LogP contribution < -0.4 is 0 Å². The lowest BCUT2D eigenvalue weighted by Crippen LogP contribution is -2.54. The molecule has 1 amide bonds. The Bertz CT molecular complexity index is 499. The molecule has 2 fully saturated rings. The number of amides is 1. The van der Waals surface area contributed by atoms with Gasteiger partial charge in [0.15, 0.2) is 0 Å². The summed E-state index contributed by atoms with van der Waals surface area (Å²) in [5, 5.41) is 0. The molecule has 1 atom stereocenters. The van der Waals surface area contributed by atoms with Crippen molar-refractivity contribution in [3.05, 3.63) is 30.1 Å². The van der Waals surface area contributed by atoms with Crippen LogP contribution in [0.4, 0.5) is 0 Å². The molecule has 3 rings (SSSR count). The Labute approximate surface area is 139 Å². The first-order chi connectivity index (χ1) is 11.2. The van der Waals surface area contributed by atoms with Crippen molar-refractivity contribution in [2.45, 2.75) is 38.3 Å². The summed E-state index contributed by atoms with van der Waals surface area (Å²) in [6, 6.07) is 6.14. The molecular weight excluding hydrogens is 288 g/mol. The van der Waals surface area contributed by atoms with Crippen LogP contribution >= 0.6 is 0 Å². The highest BCUT2D eigenvalue weighted by atomic mass is 16.2. The highest BCUT2D eigenvalue weighted by Gasteiger charge is 2.30. The third kappa shape index (κ3) is 4.30. The second kappa shape index (κ2) is 7.88. The predicted molar refractivity (Wildman–Crippen MR) is 91.0 cm³/mol. The molecule has 1 aromatic heterocycles. The van der Waals surface area contributed by atoms with Crippen molar-refractivity contribution in [1.29, 1.82) is 0 Å². The number of hydrogen-bond acceptors (Lipinski definition) is 4. The summed E-state index contributed by atoms with van der Waals surface area (Å²) in [5.74, 6) is 0.340. The van der Waals surface area contributed by atoms with E-state index in [1.807, 2.05) is 18.3 Å². The lowest BCUT2D eigenvalue weighted by molar-refractivity contribution is -0.138. The van der Waals surface area contributed by atoms with Gasteiger partial charge in [-0.3, -0.25) is 19.6 Å². The van der Waals surface area contributed by atoms with Crippen molar-refractivity contribution in [3.8, 4) is 0 Å². The van der Waals surface area contributed by atoms with E-state index in [9.17, 15) is 4.79 Å². The maximum Gasteiger partial charge on any atom is 0.240 e. The van der Waals surface area contributed by atoms with Crippen molar-refractivity contribution in [1.82, 2.24) is 19.7 Å². The number of carbonyl (C=O) groups is 1. The summed E-state index contributed by atoms with van der Waals surface area (Å²) in [4.78, 5) is 23.9. The third-order valence-electron chi connectivity index (χ3n) is 5.10. The predicted octanol–water partition coefficient (Wildman–Crippen LogP) is 1.60. The minimum absolute atomic E-state index is 0.0971. The van der Waals surface area contributed by atoms with E-state index < -0.39 is 0 Å². The lowest BCUT2D eigenvalue weighted by Gasteiger charge is -2.37. The third-order valence-corrected chi connectivity index (χ3v) is 5.10. The molecule has 1 aromatic rings. The van der Waals surface area contributed by atoms with Crippen molar-refractivity contribution in [2.24, 2.45) is 0 Å². The Hall–Kier alpha value is -1.46. The zero-order valence-electron chi connectivity index (χ0n) is 14.2. The standard InChI is InChI=1S/C18H28N4O/c1-20-10-6-2-3-8-17(20)18(23)22-13-11-21(12-14-22)15-16-7-4-5-9-19-16/h4-5,7,9,17H,2-3,6,8,10-15H2,1H3. The Balaban J connectivity index is 1.51. The molecule has 0 aromatic carbocycles. The highest BCUT2D eigenvalue weighted by Crippen LogP contribution is 2.18. The Morgan fingerprint density at radius 2 is 1.96 bits per heavy atom. The minimum Gasteiger partial charge on any atom is -0.339 e. The van der Waals surface area contributed by atoms with Gasteiger partial charge in [0, 0.05) is 38.9 Å². The number of hydrogen-bond donors (Lipinski definition) is 0. The molecular formula is C18H28N4O. The van der Waals surface area contributed by atoms with E-state index in [1.165, 1.54) is 19.3 Å². The second-order valence-electron chi connectivity index (χ2n) is 6.77. The molecule has 2 aliphatic rings. The van der Waals surface area contributed by atoms with Crippen molar-refractivity contribution in [3.63, 3.8) is 0 Å².